The van der Waals surface area contributed by atoms with Crippen LogP contribution in [-0.4, -0.2) is 33.1 Å². The zero-order valence-electron chi connectivity index (χ0n) is 24.6. The third-order valence-corrected chi connectivity index (χ3v) is 9.29. The van der Waals surface area contributed by atoms with Crippen molar-refractivity contribution in [3.63, 3.8) is 0 Å². The molecule has 0 saturated heterocycles. The molecule has 7 heteroatoms. The van der Waals surface area contributed by atoms with Crippen LogP contribution in [0.5, 0.6) is 0 Å². The summed E-state index contributed by atoms with van der Waals surface area (Å²) in [5, 5.41) is 6.29. The fourth-order valence-corrected chi connectivity index (χ4v) is 6.98. The lowest BCUT2D eigenvalue weighted by molar-refractivity contribution is -0.168. The number of methoxy groups -OCH3 is 2. The van der Waals surface area contributed by atoms with Crippen molar-refractivity contribution in [1.82, 2.24) is 0 Å². The topological polar surface area (TPSA) is 67.9 Å². The quantitative estimate of drug-likeness (QED) is 0.207. The van der Waals surface area contributed by atoms with Crippen molar-refractivity contribution < 1.29 is 19.1 Å². The van der Waals surface area contributed by atoms with Crippen molar-refractivity contribution in [3.05, 3.63) is 99.6 Å². The summed E-state index contributed by atoms with van der Waals surface area (Å²) in [5.74, 6) is -1.09. The first-order valence-corrected chi connectivity index (χ1v) is 14.1. The van der Waals surface area contributed by atoms with Crippen LogP contribution in [0.4, 0.5) is 11.4 Å². The highest BCUT2D eigenvalue weighted by Gasteiger charge is 2.54. The Hall–Kier alpha value is -4.26. The molecule has 1 heterocycles. The molecule has 0 radical (unpaired) electrons. The fourth-order valence-electron chi connectivity index (χ4n) is 6.98. The van der Waals surface area contributed by atoms with Gasteiger partial charge in [0.1, 0.15) is 0 Å². The highest BCUT2D eigenvalue weighted by Crippen LogP contribution is 2.44. The smallest absolute Gasteiger partial charge is 0.409 e. The molecule has 4 aromatic rings. The number of nitrogens with zero attached hydrogens (tertiary/aromatic N) is 1. The van der Waals surface area contributed by atoms with Crippen LogP contribution in [0.15, 0.2) is 60.7 Å². The second kappa shape index (κ2) is 9.98. The predicted octanol–water partition coefficient (Wildman–Crippen LogP) is 5.33. The molecule has 0 aromatic heterocycles. The second-order valence-corrected chi connectivity index (χ2v) is 11.5. The summed E-state index contributed by atoms with van der Waals surface area (Å²) < 4.78 is 10.3. The van der Waals surface area contributed by atoms with E-state index in [2.05, 4.69) is 98.4 Å². The van der Waals surface area contributed by atoms with E-state index in [0.717, 1.165) is 33.5 Å². The zero-order chi connectivity index (χ0) is 29.1. The van der Waals surface area contributed by atoms with Crippen LogP contribution in [-0.2, 0) is 38.4 Å². The molecule has 6 rings (SSSR count). The molecule has 0 saturated carbocycles. The minimum Gasteiger partial charge on any atom is -0.468 e. The second-order valence-electron chi connectivity index (χ2n) is 11.5. The first kappa shape index (κ1) is 26.9. The summed E-state index contributed by atoms with van der Waals surface area (Å²) in [4.78, 5) is 28.6. The number of carbonyl (C=O) groups is 2. The number of benzene rings is 4. The molecule has 41 heavy (non-hydrogen) atoms. The van der Waals surface area contributed by atoms with Crippen LogP contribution in [0, 0.1) is 33.1 Å². The Bertz CT molecular complexity index is 1690. The highest BCUT2D eigenvalue weighted by atomic mass is 16.5. The Morgan fingerprint density at radius 2 is 1.44 bits per heavy atom. The monoisotopic (exact) mass is 546 g/mol. The van der Waals surface area contributed by atoms with E-state index in [9.17, 15) is 9.59 Å². The number of ether oxygens (including phenoxy) is 2. The molecular weight excluding hydrogens is 511 g/mol. The van der Waals surface area contributed by atoms with Crippen LogP contribution >= 0.6 is 0 Å². The van der Waals surface area contributed by atoms with Gasteiger partial charge in [0.25, 0.3) is 0 Å². The van der Waals surface area contributed by atoms with Gasteiger partial charge in [0, 0.05) is 36.1 Å². The molecule has 1 aliphatic heterocycles. The summed E-state index contributed by atoms with van der Waals surface area (Å²) in [6.07, 6.45) is 0.543. The van der Waals surface area contributed by atoms with E-state index in [-0.39, 0.29) is 19.8 Å². The Morgan fingerprint density at radius 1 is 0.829 bits per heavy atom. The van der Waals surface area contributed by atoms with Gasteiger partial charge in [0.2, 0.25) is 0 Å². The number of fused-ring (bicyclic) bond motifs is 1. The van der Waals surface area contributed by atoms with E-state index < -0.39 is 17.4 Å². The van der Waals surface area contributed by atoms with Gasteiger partial charge in [-0.3, -0.25) is 9.59 Å². The third kappa shape index (κ3) is 4.09. The van der Waals surface area contributed by atoms with Crippen molar-refractivity contribution in [2.45, 2.75) is 47.1 Å². The summed E-state index contributed by atoms with van der Waals surface area (Å²) in [7, 11) is 2.67. The Balaban J connectivity index is 1.53. The number of aryl methyl sites for hydroxylation is 1. The van der Waals surface area contributed by atoms with E-state index in [1.54, 1.807) is 0 Å². The van der Waals surface area contributed by atoms with Crippen molar-refractivity contribution in [2.24, 2.45) is 5.41 Å². The number of hydrogen-bond acceptors (Lipinski definition) is 6. The standard InChI is InChI=1S/C34H35BN2O4/c1-20-13-15-24(16-14-20)19-37-29-12-8-10-25-9-7-11-28(30(25)29)36-35(37)31-22(3)21(2)26-17-34(32(38)40-5,33(39)41-6)18-27(26)23(31)4/h7-16,36H,17-19H2,1-6H3. The molecule has 0 amide bonds. The number of esters is 2. The number of anilines is 2. The van der Waals surface area contributed by atoms with Gasteiger partial charge in [-0.25, -0.2) is 0 Å². The molecule has 208 valence electrons. The number of hydrogen-bond donors (Lipinski definition) is 1. The van der Waals surface area contributed by atoms with Gasteiger partial charge in [-0.1, -0.05) is 54.1 Å². The van der Waals surface area contributed by atoms with E-state index in [4.69, 9.17) is 9.47 Å². The maximum absolute atomic E-state index is 13.1. The Morgan fingerprint density at radius 3 is 2.07 bits per heavy atom. The SMILES string of the molecule is COC(=O)C1(C(=O)OC)Cc2c(C)c(C)c(B3Nc4cccc5cccc(c45)N3Cc3ccc(C)cc3)c(C)c2C1. The lowest BCUT2D eigenvalue weighted by Crippen LogP contribution is -2.57. The molecule has 1 aliphatic carbocycles. The van der Waals surface area contributed by atoms with Gasteiger partial charge in [-0.2, -0.15) is 0 Å². The van der Waals surface area contributed by atoms with Gasteiger partial charge in [-0.05, 0) is 84.1 Å². The number of nitrogens with one attached hydrogen (secondary N) is 1. The lowest BCUT2D eigenvalue weighted by atomic mass is 9.59. The van der Waals surface area contributed by atoms with Gasteiger partial charge in [0.05, 0.1) is 14.2 Å². The molecule has 0 unspecified atom stereocenters. The number of carbonyl (C=O) groups excluding carboxylic acids is 2. The highest BCUT2D eigenvalue weighted by molar-refractivity contribution is 6.81. The average molecular weight is 546 g/mol. The van der Waals surface area contributed by atoms with E-state index >= 15 is 0 Å². The number of rotatable bonds is 5. The van der Waals surface area contributed by atoms with Crippen molar-refractivity contribution in [2.75, 3.05) is 24.3 Å². The predicted molar refractivity (Wildman–Crippen MR) is 165 cm³/mol. The average Bonchev–Trinajstić information content (AvgIpc) is 3.41. The van der Waals surface area contributed by atoms with Crippen LogP contribution < -0.4 is 15.5 Å². The normalized spacial score (nSPS) is 15.0. The van der Waals surface area contributed by atoms with Gasteiger partial charge in [0.15, 0.2) is 5.41 Å². The Kier molecular flexibility index (Phi) is 6.56. The fraction of sp³-hybridized carbons (Fsp3) is 0.294. The molecule has 0 atom stereocenters. The van der Waals surface area contributed by atoms with E-state index in [1.165, 1.54) is 47.3 Å². The van der Waals surface area contributed by atoms with Crippen LogP contribution in [0.3, 0.4) is 0 Å². The minimum atomic E-state index is -1.37. The van der Waals surface area contributed by atoms with Crippen molar-refractivity contribution >= 4 is 46.5 Å². The van der Waals surface area contributed by atoms with E-state index in [1.807, 2.05) is 0 Å². The van der Waals surface area contributed by atoms with Crippen LogP contribution in [0.25, 0.3) is 10.8 Å². The zero-order valence-corrected chi connectivity index (χ0v) is 24.6. The summed E-state index contributed by atoms with van der Waals surface area (Å²) >= 11 is 0. The van der Waals surface area contributed by atoms with Gasteiger partial charge in [-0.15, -0.1) is 0 Å². The third-order valence-electron chi connectivity index (χ3n) is 9.29. The molecular formula is C34H35BN2O4. The minimum absolute atomic E-state index is 0.160. The summed E-state index contributed by atoms with van der Waals surface area (Å²) in [6.45, 7) is 9.04. The van der Waals surface area contributed by atoms with Gasteiger partial charge >= 0.3 is 18.9 Å². The molecule has 1 N–H and O–H groups in total. The van der Waals surface area contributed by atoms with Crippen LogP contribution in [0.1, 0.15) is 38.9 Å². The first-order valence-electron chi connectivity index (χ1n) is 14.1. The molecule has 4 aromatic carbocycles. The molecule has 2 aliphatic rings. The molecule has 6 nitrogen and oxygen atoms in total. The maximum atomic E-state index is 13.1. The van der Waals surface area contributed by atoms with Crippen molar-refractivity contribution in [3.8, 4) is 0 Å². The summed E-state index contributed by atoms with van der Waals surface area (Å²) in [6, 6.07) is 21.6. The molecule has 0 fully saturated rings. The summed E-state index contributed by atoms with van der Waals surface area (Å²) in [5.41, 5.74) is 9.96. The maximum Gasteiger partial charge on any atom is 0.409 e. The van der Waals surface area contributed by atoms with E-state index in [0.29, 0.717) is 6.54 Å². The lowest BCUT2D eigenvalue weighted by Gasteiger charge is -2.39. The largest absolute Gasteiger partial charge is 0.468 e. The van der Waals surface area contributed by atoms with Gasteiger partial charge < -0.3 is 19.5 Å². The van der Waals surface area contributed by atoms with Crippen molar-refractivity contribution in [1.29, 1.82) is 0 Å². The van der Waals surface area contributed by atoms with Crippen LogP contribution in [0.2, 0.25) is 0 Å². The first-order chi connectivity index (χ1) is 19.7. The Labute approximate surface area is 241 Å². The molecule has 0 bridgehead atoms. The molecule has 0 spiro atoms.